The molecular formula is C34H42ClN7O5S. The van der Waals surface area contributed by atoms with Gasteiger partial charge < -0.3 is 31.5 Å². The van der Waals surface area contributed by atoms with Gasteiger partial charge >= 0.3 is 0 Å². The molecule has 3 atom stereocenters. The molecule has 2 heterocycles. The predicted molar refractivity (Wildman–Crippen MR) is 187 cm³/mol. The maximum atomic E-state index is 14.3. The SMILES string of the molecule is CS(=O)(=O)Nc1ccccc1N1CCN(C(=O)C(Cc2ccc(Cl)cc2)NC(=O)C2Cc3ccccc3CN2)CC1CC(=O)NCCN. The van der Waals surface area contributed by atoms with E-state index < -0.39 is 28.1 Å². The lowest BCUT2D eigenvalue weighted by molar-refractivity contribution is -0.138. The van der Waals surface area contributed by atoms with E-state index >= 15 is 0 Å². The molecular weight excluding hydrogens is 654 g/mol. The van der Waals surface area contributed by atoms with Crippen LogP contribution in [0.3, 0.4) is 0 Å². The van der Waals surface area contributed by atoms with Crippen molar-refractivity contribution in [1.82, 2.24) is 20.9 Å². The standard InChI is InChI=1S/C34H42ClN7O5S/c1-48(46,47)40-28-8-4-5-9-31(28)42-17-16-41(22-27(42)20-32(43)37-15-14-36)34(45)30(18-23-10-12-26(35)13-11-23)39-33(44)29-19-24-6-2-3-7-25(24)21-38-29/h2-13,27,29-30,38,40H,14-22,36H2,1H3,(H,37,43)(H,39,44). The van der Waals surface area contributed by atoms with Gasteiger partial charge in [0.15, 0.2) is 0 Å². The van der Waals surface area contributed by atoms with Crippen molar-refractivity contribution >= 4 is 50.7 Å². The third-order valence-electron chi connectivity index (χ3n) is 8.56. The number of carbonyl (C=O) groups is 3. The summed E-state index contributed by atoms with van der Waals surface area (Å²) in [6, 6.07) is 20.2. The summed E-state index contributed by atoms with van der Waals surface area (Å²) in [4.78, 5) is 44.6. The van der Waals surface area contributed by atoms with E-state index in [1.54, 1.807) is 41.3 Å². The summed E-state index contributed by atoms with van der Waals surface area (Å²) in [6.07, 6.45) is 1.86. The Morgan fingerprint density at radius 3 is 2.44 bits per heavy atom. The number of carbonyl (C=O) groups excluding carboxylic acids is 3. The van der Waals surface area contributed by atoms with Crippen LogP contribution in [0.15, 0.2) is 72.8 Å². The highest BCUT2D eigenvalue weighted by molar-refractivity contribution is 7.92. The van der Waals surface area contributed by atoms with Gasteiger partial charge in [0.1, 0.15) is 6.04 Å². The van der Waals surface area contributed by atoms with Crippen molar-refractivity contribution in [2.24, 2.45) is 5.73 Å². The number of amides is 3. The van der Waals surface area contributed by atoms with E-state index in [-0.39, 0.29) is 50.2 Å². The van der Waals surface area contributed by atoms with Crippen LogP contribution in [0.1, 0.15) is 23.1 Å². The number of nitrogens with zero attached hydrogens (tertiary/aromatic N) is 2. The smallest absolute Gasteiger partial charge is 0.245 e. The molecule has 0 radical (unpaired) electrons. The lowest BCUT2D eigenvalue weighted by Gasteiger charge is -2.44. The second-order valence-electron chi connectivity index (χ2n) is 12.2. The number of sulfonamides is 1. The Labute approximate surface area is 286 Å². The molecule has 14 heteroatoms. The van der Waals surface area contributed by atoms with Crippen LogP contribution in [-0.2, 0) is 43.8 Å². The summed E-state index contributed by atoms with van der Waals surface area (Å²) in [6.45, 7) is 1.91. The van der Waals surface area contributed by atoms with Crippen LogP contribution in [0.25, 0.3) is 0 Å². The third kappa shape index (κ3) is 9.25. The molecule has 1 saturated heterocycles. The van der Waals surface area contributed by atoms with Gasteiger partial charge in [-0.1, -0.05) is 60.1 Å². The van der Waals surface area contributed by atoms with Gasteiger partial charge in [0.25, 0.3) is 0 Å². The molecule has 0 aliphatic carbocycles. The first-order valence-electron chi connectivity index (χ1n) is 15.9. The zero-order chi connectivity index (χ0) is 34.3. The Morgan fingerprint density at radius 2 is 1.71 bits per heavy atom. The molecule has 12 nitrogen and oxygen atoms in total. The number of benzene rings is 3. The Bertz CT molecular complexity index is 1720. The molecule has 3 aromatic carbocycles. The fourth-order valence-corrected chi connectivity index (χ4v) is 6.94. The second-order valence-corrected chi connectivity index (χ2v) is 14.3. The van der Waals surface area contributed by atoms with E-state index in [9.17, 15) is 22.8 Å². The number of hydrogen-bond acceptors (Lipinski definition) is 8. The van der Waals surface area contributed by atoms with E-state index in [2.05, 4.69) is 20.7 Å². The summed E-state index contributed by atoms with van der Waals surface area (Å²) < 4.78 is 26.9. The minimum atomic E-state index is -3.58. The van der Waals surface area contributed by atoms with Crippen LogP contribution >= 0.6 is 11.6 Å². The van der Waals surface area contributed by atoms with Gasteiger partial charge in [-0.05, 0) is 47.4 Å². The number of piperazine rings is 1. The average molecular weight is 696 g/mol. The van der Waals surface area contributed by atoms with E-state index in [1.165, 1.54) is 0 Å². The number of para-hydroxylation sites is 2. The number of nitrogens with two attached hydrogens (primary N) is 1. The van der Waals surface area contributed by atoms with Crippen molar-refractivity contribution in [3.05, 3.63) is 94.5 Å². The molecule has 0 spiro atoms. The largest absolute Gasteiger partial charge is 0.363 e. The molecule has 1 fully saturated rings. The van der Waals surface area contributed by atoms with Gasteiger partial charge in [0, 0.05) is 57.1 Å². The molecule has 3 amide bonds. The van der Waals surface area contributed by atoms with Crippen molar-refractivity contribution in [2.75, 3.05) is 48.6 Å². The first-order chi connectivity index (χ1) is 23.0. The zero-order valence-electron chi connectivity index (χ0n) is 26.8. The lowest BCUT2D eigenvalue weighted by Crippen LogP contribution is -2.61. The van der Waals surface area contributed by atoms with Crippen LogP contribution in [0, 0.1) is 0 Å². The third-order valence-corrected chi connectivity index (χ3v) is 9.40. The van der Waals surface area contributed by atoms with Crippen LogP contribution in [-0.4, -0.2) is 88.1 Å². The highest BCUT2D eigenvalue weighted by Crippen LogP contribution is 2.31. The Kier molecular flexibility index (Phi) is 11.6. The molecule has 0 bridgehead atoms. The monoisotopic (exact) mass is 695 g/mol. The number of nitrogens with one attached hydrogen (secondary N) is 4. The fraction of sp³-hybridized carbons (Fsp3) is 0.382. The summed E-state index contributed by atoms with van der Waals surface area (Å²) >= 11 is 6.12. The first kappa shape index (κ1) is 35.1. The van der Waals surface area contributed by atoms with Crippen molar-refractivity contribution in [2.45, 2.75) is 43.9 Å². The Balaban J connectivity index is 1.38. The van der Waals surface area contributed by atoms with E-state index in [0.29, 0.717) is 42.5 Å². The minimum Gasteiger partial charge on any atom is -0.363 e. The molecule has 5 rings (SSSR count). The number of fused-ring (bicyclic) bond motifs is 1. The summed E-state index contributed by atoms with van der Waals surface area (Å²) in [5.41, 5.74) is 9.64. The highest BCUT2D eigenvalue weighted by Gasteiger charge is 2.36. The van der Waals surface area contributed by atoms with Crippen molar-refractivity contribution in [3.8, 4) is 0 Å². The molecule has 256 valence electrons. The number of anilines is 2. The van der Waals surface area contributed by atoms with Gasteiger partial charge in [0.2, 0.25) is 27.7 Å². The quantitative estimate of drug-likeness (QED) is 0.191. The predicted octanol–water partition coefficient (Wildman–Crippen LogP) is 1.64. The lowest BCUT2D eigenvalue weighted by atomic mass is 9.95. The molecule has 2 aliphatic rings. The zero-order valence-corrected chi connectivity index (χ0v) is 28.4. The molecule has 0 saturated carbocycles. The van der Waals surface area contributed by atoms with Gasteiger partial charge in [-0.25, -0.2) is 8.42 Å². The van der Waals surface area contributed by atoms with Gasteiger partial charge in [0.05, 0.1) is 29.7 Å². The molecule has 3 aromatic rings. The van der Waals surface area contributed by atoms with Crippen LogP contribution < -0.4 is 31.3 Å². The molecule has 48 heavy (non-hydrogen) atoms. The number of halogens is 1. The van der Waals surface area contributed by atoms with Crippen molar-refractivity contribution in [1.29, 1.82) is 0 Å². The maximum Gasteiger partial charge on any atom is 0.245 e. The summed E-state index contributed by atoms with van der Waals surface area (Å²) in [7, 11) is -3.58. The van der Waals surface area contributed by atoms with E-state index in [1.807, 2.05) is 41.3 Å². The topological polar surface area (TPSA) is 166 Å². The Hall–Kier alpha value is -4.17. The minimum absolute atomic E-state index is 0.0383. The van der Waals surface area contributed by atoms with Crippen LogP contribution in [0.5, 0.6) is 0 Å². The van der Waals surface area contributed by atoms with E-state index in [4.69, 9.17) is 17.3 Å². The number of hydrogen-bond donors (Lipinski definition) is 5. The average Bonchev–Trinajstić information content (AvgIpc) is 3.07. The fourth-order valence-electron chi connectivity index (χ4n) is 6.24. The molecule has 3 unspecified atom stereocenters. The number of rotatable bonds is 12. The van der Waals surface area contributed by atoms with E-state index in [0.717, 1.165) is 22.9 Å². The van der Waals surface area contributed by atoms with Crippen LogP contribution in [0.4, 0.5) is 11.4 Å². The first-order valence-corrected chi connectivity index (χ1v) is 18.2. The van der Waals surface area contributed by atoms with Crippen LogP contribution in [0.2, 0.25) is 5.02 Å². The molecule has 2 aliphatic heterocycles. The molecule has 6 N–H and O–H groups in total. The van der Waals surface area contributed by atoms with Gasteiger partial charge in [-0.2, -0.15) is 0 Å². The maximum absolute atomic E-state index is 14.3. The van der Waals surface area contributed by atoms with Crippen molar-refractivity contribution < 1.29 is 22.8 Å². The van der Waals surface area contributed by atoms with Gasteiger partial charge in [-0.15, -0.1) is 0 Å². The second kappa shape index (κ2) is 15.8. The van der Waals surface area contributed by atoms with Gasteiger partial charge in [-0.3, -0.25) is 19.1 Å². The summed E-state index contributed by atoms with van der Waals surface area (Å²) in [5, 5.41) is 9.69. The summed E-state index contributed by atoms with van der Waals surface area (Å²) in [5.74, 6) is -0.786. The highest BCUT2D eigenvalue weighted by atomic mass is 35.5. The molecule has 0 aromatic heterocycles. The Morgan fingerprint density at radius 1 is 1.00 bits per heavy atom. The normalized spacial score (nSPS) is 18.4. The van der Waals surface area contributed by atoms with Crippen molar-refractivity contribution in [3.63, 3.8) is 0 Å².